The molecule has 0 aromatic heterocycles. The first-order chi connectivity index (χ1) is 6.48. The molecule has 0 amide bonds. The molecule has 0 unspecified atom stereocenters. The maximum absolute atomic E-state index is 3.59. The maximum Gasteiger partial charge on any atom is 0.0379 e. The summed E-state index contributed by atoms with van der Waals surface area (Å²) in [5.74, 6) is 0.668. The lowest BCUT2D eigenvalue weighted by Gasteiger charge is -2.37. The fourth-order valence-corrected chi connectivity index (χ4v) is 2.49. The normalized spacial score (nSPS) is 23.9. The zero-order valence-electron chi connectivity index (χ0n) is 9.52. The second-order valence-corrected chi connectivity index (χ2v) is 5.20. The first-order valence-electron chi connectivity index (χ1n) is 5.37. The molecule has 1 heteroatoms. The molecule has 0 spiro atoms. The van der Waals surface area contributed by atoms with Crippen LogP contribution in [0.25, 0.3) is 0 Å². The minimum atomic E-state index is 0.238. The molecule has 0 radical (unpaired) electrons. The molecule has 1 aromatic rings. The Morgan fingerprint density at radius 3 is 2.79 bits per heavy atom. The van der Waals surface area contributed by atoms with E-state index in [4.69, 9.17) is 0 Å². The van der Waals surface area contributed by atoms with E-state index in [9.17, 15) is 0 Å². The van der Waals surface area contributed by atoms with Gasteiger partial charge in [-0.25, -0.2) is 0 Å². The molecule has 0 saturated heterocycles. The molecular weight excluding hydrogens is 170 g/mol. The Morgan fingerprint density at radius 1 is 1.36 bits per heavy atom. The van der Waals surface area contributed by atoms with E-state index in [-0.39, 0.29) is 5.54 Å². The fourth-order valence-electron chi connectivity index (χ4n) is 2.49. The Morgan fingerprint density at radius 2 is 2.07 bits per heavy atom. The van der Waals surface area contributed by atoms with Crippen LogP contribution in [-0.4, -0.2) is 5.54 Å². The molecule has 0 aliphatic carbocycles. The molecular formula is C13H19N. The van der Waals surface area contributed by atoms with E-state index >= 15 is 0 Å². The molecule has 0 fully saturated rings. The lowest BCUT2D eigenvalue weighted by Crippen LogP contribution is -2.36. The van der Waals surface area contributed by atoms with Crippen molar-refractivity contribution >= 4 is 5.69 Å². The monoisotopic (exact) mass is 189 g/mol. The second kappa shape index (κ2) is 3.01. The van der Waals surface area contributed by atoms with Crippen LogP contribution in [0.3, 0.4) is 0 Å². The van der Waals surface area contributed by atoms with E-state index < -0.39 is 0 Å². The van der Waals surface area contributed by atoms with Gasteiger partial charge >= 0.3 is 0 Å². The molecule has 1 atom stereocenters. The van der Waals surface area contributed by atoms with E-state index in [2.05, 4.69) is 51.2 Å². The molecule has 2 rings (SSSR count). The Hall–Kier alpha value is -0.980. The predicted molar refractivity (Wildman–Crippen MR) is 61.9 cm³/mol. The molecule has 76 valence electrons. The van der Waals surface area contributed by atoms with E-state index in [1.165, 1.54) is 23.2 Å². The maximum atomic E-state index is 3.59. The molecule has 1 aliphatic rings. The van der Waals surface area contributed by atoms with E-state index in [0.717, 1.165) is 0 Å². The summed E-state index contributed by atoms with van der Waals surface area (Å²) in [6, 6.07) is 6.70. The van der Waals surface area contributed by atoms with Crippen molar-refractivity contribution in [3.05, 3.63) is 29.3 Å². The minimum absolute atomic E-state index is 0.238. The van der Waals surface area contributed by atoms with Crippen LogP contribution < -0.4 is 5.32 Å². The Labute approximate surface area is 86.5 Å². The van der Waals surface area contributed by atoms with Crippen molar-refractivity contribution in [2.24, 2.45) is 0 Å². The molecule has 1 nitrogen and oxygen atoms in total. The summed E-state index contributed by atoms with van der Waals surface area (Å²) in [5, 5.41) is 3.59. The third kappa shape index (κ3) is 1.63. The van der Waals surface area contributed by atoms with Gasteiger partial charge in [-0.15, -0.1) is 0 Å². The van der Waals surface area contributed by atoms with Gasteiger partial charge in [0.25, 0.3) is 0 Å². The second-order valence-electron chi connectivity index (χ2n) is 5.20. The topological polar surface area (TPSA) is 12.0 Å². The van der Waals surface area contributed by atoms with Crippen molar-refractivity contribution in [3.8, 4) is 0 Å². The zero-order valence-corrected chi connectivity index (χ0v) is 9.52. The number of fused-ring (bicyclic) bond motifs is 1. The number of hydrogen-bond acceptors (Lipinski definition) is 1. The summed E-state index contributed by atoms with van der Waals surface area (Å²) < 4.78 is 0. The Kier molecular flexibility index (Phi) is 2.06. The van der Waals surface area contributed by atoms with Crippen molar-refractivity contribution in [2.75, 3.05) is 5.32 Å². The van der Waals surface area contributed by atoms with Crippen molar-refractivity contribution < 1.29 is 0 Å². The van der Waals surface area contributed by atoms with Gasteiger partial charge in [0.2, 0.25) is 0 Å². The summed E-state index contributed by atoms with van der Waals surface area (Å²) in [6.45, 7) is 9.02. The van der Waals surface area contributed by atoms with Crippen molar-refractivity contribution in [3.63, 3.8) is 0 Å². The third-order valence-corrected chi connectivity index (χ3v) is 3.03. The summed E-state index contributed by atoms with van der Waals surface area (Å²) in [5.41, 5.74) is 4.39. The van der Waals surface area contributed by atoms with Crippen LogP contribution in [0, 0.1) is 6.92 Å². The van der Waals surface area contributed by atoms with Gasteiger partial charge in [0.15, 0.2) is 0 Å². The first-order valence-corrected chi connectivity index (χ1v) is 5.37. The number of benzene rings is 1. The molecule has 0 bridgehead atoms. The van der Waals surface area contributed by atoms with Gasteiger partial charge in [-0.1, -0.05) is 24.6 Å². The van der Waals surface area contributed by atoms with Crippen LogP contribution >= 0.6 is 0 Å². The number of anilines is 1. The van der Waals surface area contributed by atoms with Gasteiger partial charge < -0.3 is 5.32 Å². The Bertz CT molecular complexity index is 352. The quantitative estimate of drug-likeness (QED) is 0.656. The molecule has 1 aliphatic heterocycles. The number of hydrogen-bond donors (Lipinski definition) is 1. The average Bonchev–Trinajstić information content (AvgIpc) is 2.05. The van der Waals surface area contributed by atoms with Crippen LogP contribution in [0.1, 0.15) is 44.2 Å². The molecule has 14 heavy (non-hydrogen) atoms. The SMILES string of the molecule is Cc1ccc2c(c1)[C@H](C)CC(C)(C)N2. The van der Waals surface area contributed by atoms with Gasteiger partial charge in [0.1, 0.15) is 0 Å². The number of nitrogens with one attached hydrogen (secondary N) is 1. The van der Waals surface area contributed by atoms with Gasteiger partial charge in [-0.3, -0.25) is 0 Å². The highest BCUT2D eigenvalue weighted by molar-refractivity contribution is 5.57. The standard InChI is InChI=1S/C13H19N/c1-9-5-6-12-11(7-9)10(2)8-13(3,4)14-12/h5-7,10,14H,8H2,1-4H3/t10-/m1/s1. The predicted octanol–water partition coefficient (Wildman–Crippen LogP) is 3.69. The van der Waals surface area contributed by atoms with Crippen LogP contribution in [-0.2, 0) is 0 Å². The van der Waals surface area contributed by atoms with E-state index in [0.29, 0.717) is 5.92 Å². The Balaban J connectivity index is 2.45. The summed E-state index contributed by atoms with van der Waals surface area (Å²) in [4.78, 5) is 0. The van der Waals surface area contributed by atoms with Crippen molar-refractivity contribution in [1.29, 1.82) is 0 Å². The largest absolute Gasteiger partial charge is 0.380 e. The fraction of sp³-hybridized carbons (Fsp3) is 0.538. The van der Waals surface area contributed by atoms with Crippen molar-refractivity contribution in [1.82, 2.24) is 0 Å². The van der Waals surface area contributed by atoms with Gasteiger partial charge in [-0.05, 0) is 44.7 Å². The summed E-state index contributed by atoms with van der Waals surface area (Å²) in [7, 11) is 0. The summed E-state index contributed by atoms with van der Waals surface area (Å²) in [6.07, 6.45) is 1.21. The highest BCUT2D eigenvalue weighted by Gasteiger charge is 2.28. The lowest BCUT2D eigenvalue weighted by atomic mass is 9.81. The first kappa shape index (κ1) is 9.57. The summed E-state index contributed by atoms with van der Waals surface area (Å²) >= 11 is 0. The van der Waals surface area contributed by atoms with Crippen LogP contribution in [0.5, 0.6) is 0 Å². The van der Waals surface area contributed by atoms with Crippen LogP contribution in [0.15, 0.2) is 18.2 Å². The van der Waals surface area contributed by atoms with Crippen LogP contribution in [0.4, 0.5) is 5.69 Å². The zero-order chi connectivity index (χ0) is 10.3. The van der Waals surface area contributed by atoms with E-state index in [1.807, 2.05) is 0 Å². The number of rotatable bonds is 0. The molecule has 1 heterocycles. The molecule has 0 saturated carbocycles. The third-order valence-electron chi connectivity index (χ3n) is 3.03. The average molecular weight is 189 g/mol. The van der Waals surface area contributed by atoms with Gasteiger partial charge in [0.05, 0.1) is 0 Å². The van der Waals surface area contributed by atoms with Gasteiger partial charge in [-0.2, -0.15) is 0 Å². The van der Waals surface area contributed by atoms with Gasteiger partial charge in [0, 0.05) is 11.2 Å². The van der Waals surface area contributed by atoms with Crippen molar-refractivity contribution in [2.45, 2.75) is 45.6 Å². The highest BCUT2D eigenvalue weighted by Crippen LogP contribution is 2.38. The molecule has 1 N–H and O–H groups in total. The highest BCUT2D eigenvalue weighted by atomic mass is 15.0. The van der Waals surface area contributed by atoms with E-state index in [1.54, 1.807) is 0 Å². The molecule has 1 aromatic carbocycles. The lowest BCUT2D eigenvalue weighted by molar-refractivity contribution is 0.454. The number of aryl methyl sites for hydroxylation is 1. The smallest absolute Gasteiger partial charge is 0.0379 e. The van der Waals surface area contributed by atoms with Crippen LogP contribution in [0.2, 0.25) is 0 Å². The minimum Gasteiger partial charge on any atom is -0.380 e.